The third-order valence-electron chi connectivity index (χ3n) is 5.23. The lowest BCUT2D eigenvalue weighted by molar-refractivity contribution is -0.118. The molecule has 35 heavy (non-hydrogen) atoms. The first-order valence-electron chi connectivity index (χ1n) is 10.8. The van der Waals surface area contributed by atoms with Gasteiger partial charge in [0.2, 0.25) is 0 Å². The summed E-state index contributed by atoms with van der Waals surface area (Å²) in [5.74, 6) is 0.536. The molecule has 0 spiro atoms. The molecule has 0 saturated heterocycles. The van der Waals surface area contributed by atoms with Crippen LogP contribution in [0.3, 0.4) is 0 Å². The first-order valence-corrected chi connectivity index (χ1v) is 12.6. The van der Waals surface area contributed by atoms with Crippen molar-refractivity contribution >= 4 is 61.7 Å². The number of hydrazone groups is 1. The molecule has 0 aliphatic rings. The maximum atomic E-state index is 12.3. The highest BCUT2D eigenvalue weighted by Crippen LogP contribution is 2.25. The van der Waals surface area contributed by atoms with Crippen molar-refractivity contribution in [2.45, 2.75) is 11.8 Å². The molecule has 174 valence electrons. The molecule has 0 bridgehead atoms. The number of aromatic nitrogens is 1. The number of carbonyl (C=O) groups is 1. The van der Waals surface area contributed by atoms with Crippen LogP contribution in [0.15, 0.2) is 104 Å². The molecule has 1 N–H and O–H groups in total. The van der Waals surface area contributed by atoms with E-state index in [1.54, 1.807) is 6.21 Å². The van der Waals surface area contributed by atoms with E-state index >= 15 is 0 Å². The van der Waals surface area contributed by atoms with Gasteiger partial charge in [0.1, 0.15) is 17.9 Å². The summed E-state index contributed by atoms with van der Waals surface area (Å²) >= 11 is 4.70. The lowest BCUT2D eigenvalue weighted by Gasteiger charge is -2.11. The minimum Gasteiger partial charge on any atom is -0.488 e. The van der Waals surface area contributed by atoms with E-state index in [1.807, 2.05) is 60.7 Å². The second kappa shape index (κ2) is 10.8. The van der Waals surface area contributed by atoms with E-state index in [-0.39, 0.29) is 11.7 Å². The Kier molecular flexibility index (Phi) is 7.11. The van der Waals surface area contributed by atoms with Gasteiger partial charge in [-0.2, -0.15) is 5.10 Å². The number of oxazole rings is 1. The summed E-state index contributed by atoms with van der Waals surface area (Å²) in [7, 11) is 0. The van der Waals surface area contributed by atoms with Gasteiger partial charge < -0.3 is 9.15 Å². The minimum atomic E-state index is -0.262. The fourth-order valence-electron chi connectivity index (χ4n) is 3.57. The standard InChI is InChI=1S/C27H20BrN3O3S/c28-21-12-13-24(33-16-19-8-5-7-18-6-1-2-9-22(18)19)20(14-21)15-29-31-26(32)17-35-27-30-23-10-3-4-11-25(23)34-27/h1-15H,16-17H2,(H,31,32)/b29-15-. The summed E-state index contributed by atoms with van der Waals surface area (Å²) in [5, 5.41) is 6.89. The molecule has 0 aliphatic heterocycles. The summed E-state index contributed by atoms with van der Waals surface area (Å²) in [6, 6.07) is 27.5. The van der Waals surface area contributed by atoms with Crippen molar-refractivity contribution in [3.63, 3.8) is 0 Å². The fourth-order valence-corrected chi connectivity index (χ4v) is 4.58. The van der Waals surface area contributed by atoms with E-state index in [9.17, 15) is 4.79 Å². The second-order valence-electron chi connectivity index (χ2n) is 7.64. The third kappa shape index (κ3) is 5.72. The number of nitrogens with zero attached hydrogens (tertiary/aromatic N) is 2. The average molecular weight is 546 g/mol. The van der Waals surface area contributed by atoms with Gasteiger partial charge in [0.15, 0.2) is 5.58 Å². The third-order valence-corrected chi connectivity index (χ3v) is 6.55. The Morgan fingerprint density at radius 1 is 1.06 bits per heavy atom. The number of carbonyl (C=O) groups excluding carboxylic acids is 1. The summed E-state index contributed by atoms with van der Waals surface area (Å²) in [4.78, 5) is 16.6. The topological polar surface area (TPSA) is 76.7 Å². The molecule has 4 aromatic carbocycles. The number of ether oxygens (including phenoxy) is 1. The van der Waals surface area contributed by atoms with Gasteiger partial charge in [-0.25, -0.2) is 10.4 Å². The zero-order chi connectivity index (χ0) is 24.0. The summed E-state index contributed by atoms with van der Waals surface area (Å²) in [6.45, 7) is 0.414. The highest BCUT2D eigenvalue weighted by molar-refractivity contribution is 9.10. The minimum absolute atomic E-state index is 0.132. The number of para-hydroxylation sites is 2. The van der Waals surface area contributed by atoms with Crippen LogP contribution < -0.4 is 10.2 Å². The van der Waals surface area contributed by atoms with Gasteiger partial charge in [-0.3, -0.25) is 4.79 Å². The number of thioether (sulfide) groups is 1. The van der Waals surface area contributed by atoms with Crippen LogP contribution in [-0.4, -0.2) is 22.9 Å². The number of amides is 1. The van der Waals surface area contributed by atoms with Crippen molar-refractivity contribution in [2.75, 3.05) is 5.75 Å². The van der Waals surface area contributed by atoms with Gasteiger partial charge in [0.05, 0.1) is 12.0 Å². The molecule has 0 fully saturated rings. The molecule has 0 radical (unpaired) electrons. The zero-order valence-electron chi connectivity index (χ0n) is 18.5. The molecular formula is C27H20BrN3O3S. The number of hydrogen-bond donors (Lipinski definition) is 1. The van der Waals surface area contributed by atoms with E-state index in [0.717, 1.165) is 26.5 Å². The van der Waals surface area contributed by atoms with E-state index in [0.29, 0.717) is 23.2 Å². The maximum absolute atomic E-state index is 12.3. The van der Waals surface area contributed by atoms with Crippen molar-refractivity contribution < 1.29 is 13.9 Å². The Balaban J connectivity index is 1.21. The average Bonchev–Trinajstić information content (AvgIpc) is 3.30. The predicted octanol–water partition coefficient (Wildman–Crippen LogP) is 6.56. The van der Waals surface area contributed by atoms with Gasteiger partial charge in [0, 0.05) is 10.0 Å². The smallest absolute Gasteiger partial charge is 0.257 e. The monoisotopic (exact) mass is 545 g/mol. The number of nitrogens with one attached hydrogen (secondary N) is 1. The van der Waals surface area contributed by atoms with Crippen molar-refractivity contribution in [2.24, 2.45) is 5.10 Å². The van der Waals surface area contributed by atoms with Crippen LogP contribution in [0.4, 0.5) is 0 Å². The number of rotatable bonds is 8. The largest absolute Gasteiger partial charge is 0.488 e. The van der Waals surface area contributed by atoms with E-state index in [4.69, 9.17) is 9.15 Å². The number of fused-ring (bicyclic) bond motifs is 2. The normalized spacial score (nSPS) is 11.3. The number of benzene rings is 4. The summed E-state index contributed by atoms with van der Waals surface area (Å²) in [5.41, 5.74) is 5.84. The molecule has 0 aliphatic carbocycles. The van der Waals surface area contributed by atoms with Crippen LogP contribution in [0, 0.1) is 0 Å². The molecule has 1 aromatic heterocycles. The van der Waals surface area contributed by atoms with E-state index < -0.39 is 0 Å². The van der Waals surface area contributed by atoms with E-state index in [1.165, 1.54) is 17.1 Å². The van der Waals surface area contributed by atoms with Gasteiger partial charge >= 0.3 is 0 Å². The Hall–Kier alpha value is -3.62. The Morgan fingerprint density at radius 2 is 1.89 bits per heavy atom. The zero-order valence-corrected chi connectivity index (χ0v) is 20.9. The Labute approximate surface area is 214 Å². The molecule has 1 heterocycles. The Morgan fingerprint density at radius 3 is 2.80 bits per heavy atom. The molecular weight excluding hydrogens is 526 g/mol. The van der Waals surface area contributed by atoms with Gasteiger partial charge in [-0.15, -0.1) is 0 Å². The van der Waals surface area contributed by atoms with Crippen molar-refractivity contribution in [1.29, 1.82) is 0 Å². The number of halogens is 1. The lowest BCUT2D eigenvalue weighted by Crippen LogP contribution is -2.19. The SMILES string of the molecule is O=C(CSc1nc2ccccc2o1)N/N=C\c1cc(Br)ccc1OCc1cccc2ccccc12. The van der Waals surface area contributed by atoms with Crippen LogP contribution in [-0.2, 0) is 11.4 Å². The Bertz CT molecular complexity index is 1490. The van der Waals surface area contributed by atoms with Gasteiger partial charge in [-0.05, 0) is 46.7 Å². The molecule has 0 saturated carbocycles. The van der Waals surface area contributed by atoms with Gasteiger partial charge in [-0.1, -0.05) is 82.3 Å². The highest BCUT2D eigenvalue weighted by atomic mass is 79.9. The van der Waals surface area contributed by atoms with Crippen LogP contribution in [0.25, 0.3) is 21.9 Å². The second-order valence-corrected chi connectivity index (χ2v) is 9.48. The molecule has 6 nitrogen and oxygen atoms in total. The van der Waals surface area contributed by atoms with Crippen LogP contribution >= 0.6 is 27.7 Å². The first kappa shape index (κ1) is 23.1. The molecule has 5 rings (SSSR count). The first-order chi connectivity index (χ1) is 17.2. The molecule has 0 unspecified atom stereocenters. The fraction of sp³-hybridized carbons (Fsp3) is 0.0741. The van der Waals surface area contributed by atoms with Crippen molar-refractivity contribution in [1.82, 2.24) is 10.4 Å². The molecule has 0 atom stereocenters. The molecule has 1 amide bonds. The van der Waals surface area contributed by atoms with Crippen LogP contribution in [0.2, 0.25) is 0 Å². The number of hydrogen-bond acceptors (Lipinski definition) is 6. The molecule has 5 aromatic rings. The van der Waals surface area contributed by atoms with Crippen molar-refractivity contribution in [3.8, 4) is 5.75 Å². The van der Waals surface area contributed by atoms with Crippen molar-refractivity contribution in [3.05, 3.63) is 101 Å². The van der Waals surface area contributed by atoms with E-state index in [2.05, 4.69) is 55.7 Å². The lowest BCUT2D eigenvalue weighted by atomic mass is 10.1. The summed E-state index contributed by atoms with van der Waals surface area (Å²) in [6.07, 6.45) is 1.57. The highest BCUT2D eigenvalue weighted by Gasteiger charge is 2.09. The quantitative estimate of drug-likeness (QED) is 0.135. The van der Waals surface area contributed by atoms with Crippen LogP contribution in [0.1, 0.15) is 11.1 Å². The van der Waals surface area contributed by atoms with Gasteiger partial charge in [0.25, 0.3) is 11.1 Å². The molecule has 8 heteroatoms. The summed E-state index contributed by atoms with van der Waals surface area (Å²) < 4.78 is 12.6. The predicted molar refractivity (Wildman–Crippen MR) is 143 cm³/mol. The maximum Gasteiger partial charge on any atom is 0.257 e. The van der Waals surface area contributed by atoms with Crippen LogP contribution in [0.5, 0.6) is 5.75 Å².